The first-order valence-corrected chi connectivity index (χ1v) is 12.9. The third kappa shape index (κ3) is 12.6. The predicted molar refractivity (Wildman–Crippen MR) is 136 cm³/mol. The highest BCUT2D eigenvalue weighted by Crippen LogP contribution is 2.18. The van der Waals surface area contributed by atoms with Crippen LogP contribution in [0.2, 0.25) is 0 Å². The Kier molecular flexibility index (Phi) is 13.8. The summed E-state index contributed by atoms with van der Waals surface area (Å²) >= 11 is 0. The monoisotopic (exact) mass is 423 g/mol. The SMILES string of the molecule is CCCCCCCCCCCCC(O)CCCCc1ccc(Nc2ccccc2)cc1. The predicted octanol–water partition coefficient (Wildman–Crippen LogP) is 8.81. The van der Waals surface area contributed by atoms with Gasteiger partial charge >= 0.3 is 0 Å². The number of hydrogen-bond acceptors (Lipinski definition) is 2. The van der Waals surface area contributed by atoms with Gasteiger partial charge in [0.2, 0.25) is 0 Å². The molecule has 2 aromatic rings. The van der Waals surface area contributed by atoms with E-state index >= 15 is 0 Å². The number of nitrogens with one attached hydrogen (secondary N) is 1. The van der Waals surface area contributed by atoms with E-state index in [1.807, 2.05) is 18.2 Å². The van der Waals surface area contributed by atoms with Crippen LogP contribution in [0.3, 0.4) is 0 Å². The Morgan fingerprint density at radius 1 is 0.613 bits per heavy atom. The molecule has 0 aliphatic heterocycles. The van der Waals surface area contributed by atoms with E-state index in [2.05, 4.69) is 48.6 Å². The van der Waals surface area contributed by atoms with Gasteiger partial charge in [-0.3, -0.25) is 0 Å². The quantitative estimate of drug-likeness (QED) is 0.235. The van der Waals surface area contributed by atoms with Crippen molar-refractivity contribution in [3.05, 3.63) is 60.2 Å². The van der Waals surface area contributed by atoms with Crippen molar-refractivity contribution in [2.24, 2.45) is 0 Å². The van der Waals surface area contributed by atoms with Crippen LogP contribution in [0.25, 0.3) is 0 Å². The maximum Gasteiger partial charge on any atom is 0.0540 e. The first kappa shape index (κ1) is 25.5. The van der Waals surface area contributed by atoms with Gasteiger partial charge in [-0.2, -0.15) is 0 Å². The molecule has 0 saturated carbocycles. The van der Waals surface area contributed by atoms with Crippen LogP contribution >= 0.6 is 0 Å². The zero-order chi connectivity index (χ0) is 22.0. The Hall–Kier alpha value is -1.80. The minimum atomic E-state index is -0.105. The smallest absolute Gasteiger partial charge is 0.0540 e. The normalized spacial score (nSPS) is 12.1. The lowest BCUT2D eigenvalue weighted by Gasteiger charge is -2.11. The summed E-state index contributed by atoms with van der Waals surface area (Å²) in [5.74, 6) is 0. The van der Waals surface area contributed by atoms with E-state index in [-0.39, 0.29) is 6.10 Å². The topological polar surface area (TPSA) is 32.3 Å². The van der Waals surface area contributed by atoms with Gasteiger partial charge in [-0.1, -0.05) is 108 Å². The van der Waals surface area contributed by atoms with Gasteiger partial charge in [0.15, 0.2) is 0 Å². The second-order valence-electron chi connectivity index (χ2n) is 9.06. The Morgan fingerprint density at radius 3 is 1.74 bits per heavy atom. The summed E-state index contributed by atoms with van der Waals surface area (Å²) in [6, 6.07) is 19.0. The molecule has 0 spiro atoms. The zero-order valence-corrected chi connectivity index (χ0v) is 19.8. The van der Waals surface area contributed by atoms with Crippen molar-refractivity contribution in [3.8, 4) is 0 Å². The van der Waals surface area contributed by atoms with Crippen LogP contribution < -0.4 is 5.32 Å². The number of hydrogen-bond donors (Lipinski definition) is 2. The number of unbranched alkanes of at least 4 members (excludes halogenated alkanes) is 10. The van der Waals surface area contributed by atoms with Gasteiger partial charge in [-0.05, 0) is 55.5 Å². The van der Waals surface area contributed by atoms with E-state index < -0.39 is 0 Å². The van der Waals surface area contributed by atoms with Crippen molar-refractivity contribution >= 4 is 11.4 Å². The molecule has 2 aromatic carbocycles. The zero-order valence-electron chi connectivity index (χ0n) is 19.8. The minimum Gasteiger partial charge on any atom is -0.393 e. The third-order valence-corrected chi connectivity index (χ3v) is 6.16. The number of anilines is 2. The van der Waals surface area contributed by atoms with Crippen LogP contribution in [0.1, 0.15) is 102 Å². The van der Waals surface area contributed by atoms with Gasteiger partial charge in [0.05, 0.1) is 6.10 Å². The first-order chi connectivity index (χ1) is 15.3. The number of rotatable bonds is 18. The number of aryl methyl sites for hydroxylation is 1. The van der Waals surface area contributed by atoms with E-state index in [0.29, 0.717) is 0 Å². The first-order valence-electron chi connectivity index (χ1n) is 12.9. The van der Waals surface area contributed by atoms with Gasteiger partial charge in [0.25, 0.3) is 0 Å². The molecule has 2 nitrogen and oxygen atoms in total. The number of aliphatic hydroxyl groups excluding tert-OH is 1. The van der Waals surface area contributed by atoms with E-state index in [1.165, 1.54) is 69.8 Å². The average molecular weight is 424 g/mol. The highest BCUT2D eigenvalue weighted by Gasteiger charge is 2.04. The highest BCUT2D eigenvalue weighted by atomic mass is 16.3. The molecule has 2 rings (SSSR count). The van der Waals surface area contributed by atoms with Crippen molar-refractivity contribution in [3.63, 3.8) is 0 Å². The molecule has 0 heterocycles. The largest absolute Gasteiger partial charge is 0.393 e. The number of aliphatic hydroxyl groups is 1. The molecule has 172 valence electrons. The van der Waals surface area contributed by atoms with Crippen LogP contribution in [0.5, 0.6) is 0 Å². The van der Waals surface area contributed by atoms with Gasteiger partial charge in [-0.15, -0.1) is 0 Å². The van der Waals surface area contributed by atoms with Crippen LogP contribution in [0, 0.1) is 0 Å². The molecule has 0 aliphatic carbocycles. The molecule has 0 aliphatic rings. The number of para-hydroxylation sites is 1. The summed E-state index contributed by atoms with van der Waals surface area (Å²) in [6.07, 6.45) is 18.8. The van der Waals surface area contributed by atoms with Crippen LogP contribution in [-0.2, 0) is 6.42 Å². The van der Waals surface area contributed by atoms with Gasteiger partial charge in [0, 0.05) is 11.4 Å². The van der Waals surface area contributed by atoms with E-state index in [0.717, 1.165) is 43.5 Å². The summed E-state index contributed by atoms with van der Waals surface area (Å²) < 4.78 is 0. The second kappa shape index (κ2) is 16.8. The van der Waals surface area contributed by atoms with Crippen LogP contribution in [-0.4, -0.2) is 11.2 Å². The molecule has 2 N–H and O–H groups in total. The van der Waals surface area contributed by atoms with E-state index in [4.69, 9.17) is 0 Å². The maximum absolute atomic E-state index is 10.2. The molecule has 31 heavy (non-hydrogen) atoms. The summed E-state index contributed by atoms with van der Waals surface area (Å²) in [5.41, 5.74) is 3.62. The van der Waals surface area contributed by atoms with Crippen LogP contribution in [0.15, 0.2) is 54.6 Å². The fourth-order valence-corrected chi connectivity index (χ4v) is 4.16. The molecule has 0 aromatic heterocycles. The molecule has 1 atom stereocenters. The molecule has 0 fully saturated rings. The fraction of sp³-hybridized carbons (Fsp3) is 0.586. The molecule has 2 heteroatoms. The number of benzene rings is 2. The van der Waals surface area contributed by atoms with Crippen molar-refractivity contribution < 1.29 is 5.11 Å². The van der Waals surface area contributed by atoms with Gasteiger partial charge in [-0.25, -0.2) is 0 Å². The lowest BCUT2D eigenvalue weighted by molar-refractivity contribution is 0.147. The van der Waals surface area contributed by atoms with Crippen LogP contribution in [0.4, 0.5) is 11.4 Å². The van der Waals surface area contributed by atoms with Crippen molar-refractivity contribution in [1.82, 2.24) is 0 Å². The summed E-state index contributed by atoms with van der Waals surface area (Å²) in [7, 11) is 0. The standard InChI is InChI=1S/C29H45NO/c1-2-3-4-5-6-7-8-9-10-14-20-29(31)21-16-15-17-26-22-24-28(25-23-26)30-27-18-12-11-13-19-27/h11-13,18-19,22-25,29-31H,2-10,14-17,20-21H2,1H3. The fourth-order valence-electron chi connectivity index (χ4n) is 4.16. The Bertz CT molecular complexity index is 652. The van der Waals surface area contributed by atoms with Gasteiger partial charge < -0.3 is 10.4 Å². The molecule has 1 unspecified atom stereocenters. The van der Waals surface area contributed by atoms with E-state index in [1.54, 1.807) is 0 Å². The van der Waals surface area contributed by atoms with Crippen molar-refractivity contribution in [1.29, 1.82) is 0 Å². The molecule has 0 saturated heterocycles. The van der Waals surface area contributed by atoms with Gasteiger partial charge in [0.1, 0.15) is 0 Å². The summed E-state index contributed by atoms with van der Waals surface area (Å²) in [5, 5.41) is 13.7. The molecular weight excluding hydrogens is 378 g/mol. The Labute approximate surface area is 191 Å². The second-order valence-corrected chi connectivity index (χ2v) is 9.06. The maximum atomic E-state index is 10.2. The molecule has 0 bridgehead atoms. The Balaban J connectivity index is 1.44. The van der Waals surface area contributed by atoms with Crippen molar-refractivity contribution in [2.75, 3.05) is 5.32 Å². The molecule has 0 amide bonds. The minimum absolute atomic E-state index is 0.105. The summed E-state index contributed by atoms with van der Waals surface area (Å²) in [6.45, 7) is 2.28. The average Bonchev–Trinajstić information content (AvgIpc) is 2.80. The highest BCUT2D eigenvalue weighted by molar-refractivity contribution is 5.59. The third-order valence-electron chi connectivity index (χ3n) is 6.16. The Morgan fingerprint density at radius 2 is 1.13 bits per heavy atom. The molecule has 0 radical (unpaired) electrons. The lowest BCUT2D eigenvalue weighted by atomic mass is 10.0. The van der Waals surface area contributed by atoms with Crippen molar-refractivity contribution in [2.45, 2.75) is 109 Å². The summed E-state index contributed by atoms with van der Waals surface area (Å²) in [4.78, 5) is 0. The lowest BCUT2D eigenvalue weighted by Crippen LogP contribution is -2.06. The molecular formula is C29H45NO. The van der Waals surface area contributed by atoms with E-state index in [9.17, 15) is 5.11 Å².